The van der Waals surface area contributed by atoms with Gasteiger partial charge in [0.25, 0.3) is 0 Å². The first-order valence-corrected chi connectivity index (χ1v) is 13.4. The maximum atomic E-state index is 5.22. The highest BCUT2D eigenvalue weighted by atomic mass is 15.2. The fraction of sp³-hybridized carbons (Fsp3) is 0.714. The van der Waals surface area contributed by atoms with Crippen LogP contribution in [-0.2, 0) is 0 Å². The zero-order valence-corrected chi connectivity index (χ0v) is 19.2. The van der Waals surface area contributed by atoms with Crippen LogP contribution in [-0.4, -0.2) is 21.0 Å². The number of fused-ring (bicyclic) bond motifs is 1. The van der Waals surface area contributed by atoms with Gasteiger partial charge < -0.3 is 10.6 Å². The SMILES string of the molecule is c1ccc2c(NC34CC5CC(CC(C5)C3)C4)nc(NC34CC5CC(CC(C5)C3)C4)nc2c1. The molecule has 8 fully saturated rings. The molecular formula is C28H36N4. The van der Waals surface area contributed by atoms with Crippen molar-refractivity contribution in [3.63, 3.8) is 0 Å². The number of benzene rings is 1. The van der Waals surface area contributed by atoms with E-state index in [1.807, 2.05) is 0 Å². The largest absolute Gasteiger partial charge is 0.364 e. The topological polar surface area (TPSA) is 49.8 Å². The predicted octanol–water partition coefficient (Wildman–Crippen LogP) is 6.39. The van der Waals surface area contributed by atoms with Crippen LogP contribution >= 0.6 is 0 Å². The summed E-state index contributed by atoms with van der Waals surface area (Å²) in [7, 11) is 0. The lowest BCUT2D eigenvalue weighted by Crippen LogP contribution is -2.55. The number of hydrogen-bond acceptors (Lipinski definition) is 4. The Labute approximate surface area is 191 Å². The van der Waals surface area contributed by atoms with Crippen molar-refractivity contribution in [3.05, 3.63) is 24.3 Å². The van der Waals surface area contributed by atoms with Crippen molar-refractivity contribution < 1.29 is 0 Å². The molecule has 0 unspecified atom stereocenters. The number of rotatable bonds is 4. The van der Waals surface area contributed by atoms with Gasteiger partial charge in [-0.1, -0.05) is 12.1 Å². The monoisotopic (exact) mass is 428 g/mol. The summed E-state index contributed by atoms with van der Waals surface area (Å²) < 4.78 is 0. The van der Waals surface area contributed by atoms with Gasteiger partial charge >= 0.3 is 0 Å². The second kappa shape index (κ2) is 6.39. The van der Waals surface area contributed by atoms with Crippen LogP contribution in [0, 0.1) is 35.5 Å². The van der Waals surface area contributed by atoms with Gasteiger partial charge in [0.15, 0.2) is 0 Å². The Morgan fingerprint density at radius 2 is 1.06 bits per heavy atom. The Kier molecular flexibility index (Phi) is 3.71. The van der Waals surface area contributed by atoms with Crippen molar-refractivity contribution in [2.24, 2.45) is 35.5 Å². The number of aromatic nitrogens is 2. The van der Waals surface area contributed by atoms with Crippen molar-refractivity contribution in [3.8, 4) is 0 Å². The normalized spacial score (nSPS) is 45.5. The number of nitrogens with one attached hydrogen (secondary N) is 2. The molecule has 168 valence electrons. The van der Waals surface area contributed by atoms with Crippen LogP contribution in [0.3, 0.4) is 0 Å². The molecule has 10 rings (SSSR count). The molecule has 1 aromatic heterocycles. The average Bonchev–Trinajstić information content (AvgIpc) is 2.71. The first-order valence-electron chi connectivity index (χ1n) is 13.4. The van der Waals surface area contributed by atoms with Gasteiger partial charge in [-0.15, -0.1) is 0 Å². The minimum absolute atomic E-state index is 0.245. The van der Waals surface area contributed by atoms with Crippen molar-refractivity contribution in [2.75, 3.05) is 10.6 Å². The molecule has 4 nitrogen and oxygen atoms in total. The van der Waals surface area contributed by atoms with E-state index in [0.29, 0.717) is 0 Å². The maximum Gasteiger partial charge on any atom is 0.225 e. The lowest BCUT2D eigenvalue weighted by molar-refractivity contribution is 0.0102. The Balaban J connectivity index is 1.15. The van der Waals surface area contributed by atoms with E-state index in [1.54, 1.807) is 0 Å². The Bertz CT molecular complexity index is 1000. The van der Waals surface area contributed by atoms with Crippen LogP contribution in [0.15, 0.2) is 24.3 Å². The fourth-order valence-corrected chi connectivity index (χ4v) is 10.2. The third-order valence-corrected chi connectivity index (χ3v) is 10.4. The molecule has 0 spiro atoms. The lowest BCUT2D eigenvalue weighted by atomic mass is 9.53. The number of nitrogens with zero attached hydrogens (tertiary/aromatic N) is 2. The standard InChI is InChI=1S/C28H36N4/c1-2-4-24-23(3-1)25(31-27-11-17-5-18(12-27)7-19(6-17)13-27)30-26(29-24)32-28-14-20-8-21(15-28)10-22(9-20)16-28/h1-4,17-22H,5-16H2,(H2,29,30,31,32). The first-order chi connectivity index (χ1) is 15.6. The molecule has 0 radical (unpaired) electrons. The van der Waals surface area contributed by atoms with E-state index >= 15 is 0 Å². The van der Waals surface area contributed by atoms with Gasteiger partial charge in [0.1, 0.15) is 5.82 Å². The second-order valence-corrected chi connectivity index (χ2v) is 13.1. The summed E-state index contributed by atoms with van der Waals surface area (Å²) in [5.74, 6) is 7.56. The lowest BCUT2D eigenvalue weighted by Gasteiger charge is -2.57. The van der Waals surface area contributed by atoms with Gasteiger partial charge in [-0.05, 0) is 125 Å². The molecule has 0 saturated heterocycles. The minimum atomic E-state index is 0.245. The van der Waals surface area contributed by atoms with Crippen LogP contribution in [0.1, 0.15) is 77.0 Å². The van der Waals surface area contributed by atoms with Crippen LogP contribution in [0.4, 0.5) is 11.8 Å². The molecule has 1 aromatic carbocycles. The third kappa shape index (κ3) is 2.86. The highest BCUT2D eigenvalue weighted by Crippen LogP contribution is 2.58. The molecule has 2 N–H and O–H groups in total. The molecule has 8 aliphatic carbocycles. The van der Waals surface area contributed by atoms with Crippen LogP contribution in [0.2, 0.25) is 0 Å². The van der Waals surface area contributed by atoms with Crippen molar-refractivity contribution in [2.45, 2.75) is 88.1 Å². The van der Waals surface area contributed by atoms with E-state index in [1.165, 1.54) is 82.4 Å². The molecule has 0 aliphatic heterocycles. The van der Waals surface area contributed by atoms with Gasteiger partial charge in [0.2, 0.25) is 5.95 Å². The Hall–Kier alpha value is -1.84. The first kappa shape index (κ1) is 18.6. The number of para-hydroxylation sites is 1. The van der Waals surface area contributed by atoms with Gasteiger partial charge in [-0.2, -0.15) is 4.98 Å². The highest BCUT2D eigenvalue weighted by molar-refractivity contribution is 5.90. The summed E-state index contributed by atoms with van der Waals surface area (Å²) in [4.78, 5) is 10.3. The zero-order valence-electron chi connectivity index (χ0n) is 19.2. The van der Waals surface area contributed by atoms with E-state index in [4.69, 9.17) is 9.97 Å². The van der Waals surface area contributed by atoms with E-state index in [-0.39, 0.29) is 11.1 Å². The Morgan fingerprint density at radius 3 is 1.59 bits per heavy atom. The van der Waals surface area contributed by atoms with E-state index in [2.05, 4.69) is 34.9 Å². The molecule has 8 aliphatic rings. The average molecular weight is 429 g/mol. The van der Waals surface area contributed by atoms with Crippen molar-refractivity contribution in [1.82, 2.24) is 9.97 Å². The molecule has 32 heavy (non-hydrogen) atoms. The van der Waals surface area contributed by atoms with Gasteiger partial charge in [0.05, 0.1) is 5.52 Å². The number of hydrogen-bond donors (Lipinski definition) is 2. The molecule has 0 atom stereocenters. The van der Waals surface area contributed by atoms with Crippen LogP contribution in [0.5, 0.6) is 0 Å². The third-order valence-electron chi connectivity index (χ3n) is 10.4. The van der Waals surface area contributed by atoms with Crippen molar-refractivity contribution in [1.29, 1.82) is 0 Å². The summed E-state index contributed by atoms with van der Waals surface area (Å²) in [6.07, 6.45) is 16.8. The quantitative estimate of drug-likeness (QED) is 0.592. The minimum Gasteiger partial charge on any atom is -0.364 e. The van der Waals surface area contributed by atoms with Gasteiger partial charge in [0, 0.05) is 16.5 Å². The van der Waals surface area contributed by atoms with Gasteiger partial charge in [-0.25, -0.2) is 4.98 Å². The summed E-state index contributed by atoms with van der Waals surface area (Å²) in [6.45, 7) is 0. The molecule has 8 bridgehead atoms. The molecule has 0 amide bonds. The highest BCUT2D eigenvalue weighted by Gasteiger charge is 2.52. The summed E-state index contributed by atoms with van der Waals surface area (Å²) >= 11 is 0. The van der Waals surface area contributed by atoms with Crippen molar-refractivity contribution >= 4 is 22.7 Å². The molecule has 2 aromatic rings. The maximum absolute atomic E-state index is 5.22. The molecule has 1 heterocycles. The smallest absolute Gasteiger partial charge is 0.225 e. The number of anilines is 2. The van der Waals surface area contributed by atoms with E-state index < -0.39 is 0 Å². The van der Waals surface area contributed by atoms with E-state index in [0.717, 1.165) is 52.8 Å². The van der Waals surface area contributed by atoms with Crippen LogP contribution in [0.25, 0.3) is 10.9 Å². The summed E-state index contributed by atoms with van der Waals surface area (Å²) in [5, 5.41) is 9.25. The predicted molar refractivity (Wildman–Crippen MR) is 129 cm³/mol. The van der Waals surface area contributed by atoms with Crippen LogP contribution < -0.4 is 10.6 Å². The summed E-state index contributed by atoms with van der Waals surface area (Å²) in [5.41, 5.74) is 1.60. The van der Waals surface area contributed by atoms with Gasteiger partial charge in [-0.3, -0.25) is 0 Å². The zero-order chi connectivity index (χ0) is 20.9. The molecular weight excluding hydrogens is 392 g/mol. The molecule has 4 heteroatoms. The molecule has 8 saturated carbocycles. The Morgan fingerprint density at radius 1 is 0.594 bits per heavy atom. The fourth-order valence-electron chi connectivity index (χ4n) is 10.2. The summed E-state index contributed by atoms with van der Waals surface area (Å²) in [6, 6.07) is 8.65. The second-order valence-electron chi connectivity index (χ2n) is 13.1. The van der Waals surface area contributed by atoms with E-state index in [9.17, 15) is 0 Å².